The van der Waals surface area contributed by atoms with Crippen LogP contribution in [0.2, 0.25) is 0 Å². The summed E-state index contributed by atoms with van der Waals surface area (Å²) >= 11 is 0. The second-order valence-electron chi connectivity index (χ2n) is 7.95. The quantitative estimate of drug-likeness (QED) is 0.797. The Balaban J connectivity index is 1.66. The number of piperidine rings is 1. The number of amides is 1. The molecule has 1 aliphatic rings. The van der Waals surface area contributed by atoms with Crippen LogP contribution in [0.15, 0.2) is 41.3 Å². The van der Waals surface area contributed by atoms with Crippen molar-refractivity contribution in [3.05, 3.63) is 58.7 Å². The third-order valence-corrected chi connectivity index (χ3v) is 7.86. The summed E-state index contributed by atoms with van der Waals surface area (Å²) in [6.45, 7) is 8.48. The van der Waals surface area contributed by atoms with Crippen LogP contribution in [0.25, 0.3) is 0 Å². The maximum atomic E-state index is 13.2. The maximum Gasteiger partial charge on any atom is 0.243 e. The Morgan fingerprint density at radius 2 is 1.59 bits per heavy atom. The topological polar surface area (TPSA) is 66.5 Å². The van der Waals surface area contributed by atoms with E-state index in [1.165, 1.54) is 9.87 Å². The number of nitrogens with zero attached hydrogens (tertiary/aromatic N) is 1. The van der Waals surface area contributed by atoms with Crippen molar-refractivity contribution in [3.8, 4) is 0 Å². The number of nitrogens with one attached hydrogen (secondary N) is 1. The van der Waals surface area contributed by atoms with Gasteiger partial charge in [0, 0.05) is 24.7 Å². The van der Waals surface area contributed by atoms with Gasteiger partial charge < -0.3 is 5.32 Å². The smallest absolute Gasteiger partial charge is 0.243 e. The highest BCUT2D eigenvalue weighted by Gasteiger charge is 2.33. The second kappa shape index (κ2) is 8.67. The third-order valence-electron chi connectivity index (χ3n) is 5.66. The van der Waals surface area contributed by atoms with E-state index in [0.29, 0.717) is 30.8 Å². The molecule has 0 saturated carbocycles. The number of carbonyl (C=O) groups is 1. The van der Waals surface area contributed by atoms with Crippen molar-refractivity contribution in [2.75, 3.05) is 18.4 Å². The molecule has 156 valence electrons. The minimum atomic E-state index is -3.55. The summed E-state index contributed by atoms with van der Waals surface area (Å²) in [5.41, 5.74) is 4.62. The molecule has 0 spiro atoms. The molecule has 0 bridgehead atoms. The van der Waals surface area contributed by atoms with Gasteiger partial charge in [0.15, 0.2) is 0 Å². The monoisotopic (exact) mass is 414 g/mol. The number of hydrogen-bond acceptors (Lipinski definition) is 3. The van der Waals surface area contributed by atoms with Crippen molar-refractivity contribution in [2.45, 2.75) is 51.9 Å². The molecule has 1 heterocycles. The van der Waals surface area contributed by atoms with E-state index in [1.807, 2.05) is 57.2 Å². The summed E-state index contributed by atoms with van der Waals surface area (Å²) in [6.07, 6.45) is 2.02. The lowest BCUT2D eigenvalue weighted by atomic mass is 9.97. The highest BCUT2D eigenvalue weighted by molar-refractivity contribution is 7.89. The molecule has 5 nitrogen and oxygen atoms in total. The van der Waals surface area contributed by atoms with Gasteiger partial charge in [-0.25, -0.2) is 8.42 Å². The Bertz CT molecular complexity index is 966. The molecule has 0 aliphatic carbocycles. The minimum absolute atomic E-state index is 0.0333. The first-order valence-corrected chi connectivity index (χ1v) is 11.6. The lowest BCUT2D eigenvalue weighted by Gasteiger charge is -2.31. The van der Waals surface area contributed by atoms with E-state index in [-0.39, 0.29) is 11.8 Å². The Kier molecular flexibility index (Phi) is 6.44. The zero-order valence-electron chi connectivity index (χ0n) is 17.7. The summed E-state index contributed by atoms with van der Waals surface area (Å²) in [4.78, 5) is 13.0. The zero-order chi connectivity index (χ0) is 21.2. The van der Waals surface area contributed by atoms with Crippen LogP contribution in [0.1, 0.15) is 42.0 Å². The SMILES string of the molecule is CCc1ccc(NC(=O)C2CCN(S(=O)(=O)c3c(C)cc(C)cc3C)CC2)cc1. The number of benzene rings is 2. The molecule has 0 atom stereocenters. The molecule has 2 aromatic rings. The van der Waals surface area contributed by atoms with Crippen LogP contribution < -0.4 is 5.32 Å². The number of rotatable bonds is 5. The van der Waals surface area contributed by atoms with Crippen molar-refractivity contribution in [1.82, 2.24) is 4.31 Å². The van der Waals surface area contributed by atoms with Crippen molar-refractivity contribution in [1.29, 1.82) is 0 Å². The van der Waals surface area contributed by atoms with Gasteiger partial charge in [-0.2, -0.15) is 4.31 Å². The molecule has 1 saturated heterocycles. The summed E-state index contributed by atoms with van der Waals surface area (Å²) in [5.74, 6) is -0.207. The van der Waals surface area contributed by atoms with Gasteiger partial charge in [0.05, 0.1) is 4.90 Å². The van der Waals surface area contributed by atoms with E-state index in [2.05, 4.69) is 12.2 Å². The molecule has 29 heavy (non-hydrogen) atoms. The number of hydrogen-bond donors (Lipinski definition) is 1. The van der Waals surface area contributed by atoms with Crippen LogP contribution in [0.4, 0.5) is 5.69 Å². The first-order chi connectivity index (χ1) is 13.7. The van der Waals surface area contributed by atoms with Gasteiger partial charge >= 0.3 is 0 Å². The molecule has 2 aromatic carbocycles. The molecule has 1 amide bonds. The van der Waals surface area contributed by atoms with Crippen molar-refractivity contribution in [3.63, 3.8) is 0 Å². The van der Waals surface area contributed by atoms with Gasteiger partial charge in [-0.15, -0.1) is 0 Å². The average molecular weight is 415 g/mol. The van der Waals surface area contributed by atoms with Crippen molar-refractivity contribution >= 4 is 21.6 Å². The van der Waals surface area contributed by atoms with Crippen LogP contribution in [0.5, 0.6) is 0 Å². The highest BCUT2D eigenvalue weighted by atomic mass is 32.2. The molecule has 1 aliphatic heterocycles. The van der Waals surface area contributed by atoms with Crippen LogP contribution >= 0.6 is 0 Å². The molecule has 0 aromatic heterocycles. The fraction of sp³-hybridized carbons (Fsp3) is 0.435. The molecule has 3 rings (SSSR count). The average Bonchev–Trinajstić information content (AvgIpc) is 2.67. The van der Waals surface area contributed by atoms with E-state index in [1.54, 1.807) is 0 Å². The molecule has 1 fully saturated rings. The summed E-state index contributed by atoms with van der Waals surface area (Å²) < 4.78 is 27.9. The van der Waals surface area contributed by atoms with Gasteiger partial charge in [-0.05, 0) is 68.9 Å². The number of aryl methyl sites for hydroxylation is 4. The predicted molar refractivity (Wildman–Crippen MR) is 117 cm³/mol. The van der Waals surface area contributed by atoms with Crippen LogP contribution in [0.3, 0.4) is 0 Å². The van der Waals surface area contributed by atoms with E-state index in [4.69, 9.17) is 0 Å². The van der Waals surface area contributed by atoms with Gasteiger partial charge in [0.1, 0.15) is 0 Å². The fourth-order valence-corrected chi connectivity index (χ4v) is 6.01. The van der Waals surface area contributed by atoms with Gasteiger partial charge in [-0.3, -0.25) is 4.79 Å². The Morgan fingerprint density at radius 1 is 1.03 bits per heavy atom. The fourth-order valence-electron chi connectivity index (χ4n) is 4.13. The van der Waals surface area contributed by atoms with E-state index >= 15 is 0 Å². The summed E-state index contributed by atoms with van der Waals surface area (Å²) in [6, 6.07) is 11.7. The van der Waals surface area contributed by atoms with E-state index in [9.17, 15) is 13.2 Å². The van der Waals surface area contributed by atoms with E-state index < -0.39 is 10.0 Å². The van der Waals surface area contributed by atoms with Crippen LogP contribution in [0, 0.1) is 26.7 Å². The third kappa shape index (κ3) is 4.70. The Morgan fingerprint density at radius 3 is 2.10 bits per heavy atom. The Hall–Kier alpha value is -2.18. The van der Waals surface area contributed by atoms with Crippen LogP contribution in [-0.2, 0) is 21.2 Å². The maximum absolute atomic E-state index is 13.2. The van der Waals surface area contributed by atoms with Gasteiger partial charge in [0.2, 0.25) is 15.9 Å². The first kappa shape index (κ1) is 21.5. The van der Waals surface area contributed by atoms with Crippen LogP contribution in [-0.4, -0.2) is 31.7 Å². The van der Waals surface area contributed by atoms with E-state index in [0.717, 1.165) is 28.8 Å². The number of sulfonamides is 1. The summed E-state index contributed by atoms with van der Waals surface area (Å²) in [7, 11) is -3.55. The zero-order valence-corrected chi connectivity index (χ0v) is 18.5. The van der Waals surface area contributed by atoms with Gasteiger partial charge in [0.25, 0.3) is 0 Å². The molecule has 1 N–H and O–H groups in total. The van der Waals surface area contributed by atoms with Crippen molar-refractivity contribution in [2.24, 2.45) is 5.92 Å². The largest absolute Gasteiger partial charge is 0.326 e. The normalized spacial score (nSPS) is 16.0. The molecule has 6 heteroatoms. The number of anilines is 1. The first-order valence-electron chi connectivity index (χ1n) is 10.2. The molecule has 0 unspecified atom stereocenters. The standard InChI is InChI=1S/C23H30N2O3S/c1-5-19-6-8-21(9-7-19)24-23(26)20-10-12-25(13-11-20)29(27,28)22-17(3)14-16(2)15-18(22)4/h6-9,14-15,20H,5,10-13H2,1-4H3,(H,24,26). The highest BCUT2D eigenvalue weighted by Crippen LogP contribution is 2.29. The number of carbonyl (C=O) groups excluding carboxylic acids is 1. The molecular formula is C23H30N2O3S. The lowest BCUT2D eigenvalue weighted by molar-refractivity contribution is -0.120. The lowest BCUT2D eigenvalue weighted by Crippen LogP contribution is -2.41. The van der Waals surface area contributed by atoms with Crippen molar-refractivity contribution < 1.29 is 13.2 Å². The Labute approximate surface area is 174 Å². The molecular weight excluding hydrogens is 384 g/mol. The summed E-state index contributed by atoms with van der Waals surface area (Å²) in [5, 5.41) is 2.97. The predicted octanol–water partition coefficient (Wildman–Crippen LogP) is 4.21. The van der Waals surface area contributed by atoms with Gasteiger partial charge in [-0.1, -0.05) is 36.8 Å². The minimum Gasteiger partial charge on any atom is -0.326 e. The molecule has 0 radical (unpaired) electrons. The second-order valence-corrected chi connectivity index (χ2v) is 9.82.